The van der Waals surface area contributed by atoms with Crippen LogP contribution < -0.4 is 10.1 Å². The first kappa shape index (κ1) is 14.9. The molecule has 0 amide bonds. The Balaban J connectivity index is 1.63. The fraction of sp³-hybridized carbons (Fsp3) is 0.286. The summed E-state index contributed by atoms with van der Waals surface area (Å²) >= 11 is 6.95. The zero-order valence-corrected chi connectivity index (χ0v) is 13.9. The Bertz CT molecular complexity index is 498. The van der Waals surface area contributed by atoms with Crippen LogP contribution in [0.25, 0.3) is 0 Å². The van der Waals surface area contributed by atoms with Gasteiger partial charge in [-0.2, -0.15) is 0 Å². The van der Waals surface area contributed by atoms with E-state index in [2.05, 4.69) is 51.1 Å². The predicted octanol–water partition coefficient (Wildman–Crippen LogP) is 4.40. The lowest BCUT2D eigenvalue weighted by molar-refractivity contribution is 0.313. The molecule has 0 spiro atoms. The molecule has 5 heteroatoms. The van der Waals surface area contributed by atoms with Crippen LogP contribution in [0.1, 0.15) is 4.88 Å². The van der Waals surface area contributed by atoms with E-state index < -0.39 is 0 Å². The minimum absolute atomic E-state index is 0.686. The van der Waals surface area contributed by atoms with Crippen molar-refractivity contribution in [2.45, 2.75) is 11.4 Å². The van der Waals surface area contributed by atoms with Crippen molar-refractivity contribution in [2.24, 2.45) is 0 Å². The maximum atomic E-state index is 5.67. The first-order valence-electron chi connectivity index (χ1n) is 5.98. The fourth-order valence-electron chi connectivity index (χ4n) is 1.57. The average Bonchev–Trinajstić information content (AvgIpc) is 2.85. The summed E-state index contributed by atoms with van der Waals surface area (Å²) in [6.45, 7) is 2.43. The number of rotatable bonds is 7. The Morgan fingerprint density at radius 3 is 2.74 bits per heavy atom. The zero-order chi connectivity index (χ0) is 13.5. The zero-order valence-electron chi connectivity index (χ0n) is 10.7. The largest absolute Gasteiger partial charge is 0.492 e. The lowest BCUT2D eigenvalue weighted by Gasteiger charge is -2.07. The van der Waals surface area contributed by atoms with Gasteiger partial charge in [0.25, 0.3) is 0 Å². The lowest BCUT2D eigenvalue weighted by Crippen LogP contribution is -2.20. The molecule has 2 rings (SSSR count). The van der Waals surface area contributed by atoms with Gasteiger partial charge in [0, 0.05) is 32.7 Å². The molecule has 1 aromatic heterocycles. The second-order valence-corrected chi connectivity index (χ2v) is 6.72. The van der Waals surface area contributed by atoms with E-state index in [0.717, 1.165) is 23.3 Å². The molecule has 19 heavy (non-hydrogen) atoms. The number of nitrogens with one attached hydrogen (secondary N) is 1. The molecule has 1 aromatic carbocycles. The SMILES string of the molecule is CSc1ccc(OCCNCc2cc(Br)cs2)cc1. The first-order valence-corrected chi connectivity index (χ1v) is 8.88. The van der Waals surface area contributed by atoms with Gasteiger partial charge in [-0.15, -0.1) is 23.1 Å². The van der Waals surface area contributed by atoms with Crippen molar-refractivity contribution in [2.75, 3.05) is 19.4 Å². The lowest BCUT2D eigenvalue weighted by atomic mass is 10.3. The van der Waals surface area contributed by atoms with Gasteiger partial charge in [-0.25, -0.2) is 0 Å². The van der Waals surface area contributed by atoms with E-state index in [1.54, 1.807) is 23.1 Å². The Morgan fingerprint density at radius 2 is 2.11 bits per heavy atom. The quantitative estimate of drug-likeness (QED) is 0.586. The van der Waals surface area contributed by atoms with Gasteiger partial charge in [0.15, 0.2) is 0 Å². The molecular weight excluding hydrogens is 342 g/mol. The van der Waals surface area contributed by atoms with Gasteiger partial charge in [0.05, 0.1) is 0 Å². The van der Waals surface area contributed by atoms with E-state index in [1.807, 2.05) is 12.1 Å². The molecule has 0 saturated heterocycles. The summed E-state index contributed by atoms with van der Waals surface area (Å²) in [7, 11) is 0. The molecule has 1 heterocycles. The molecule has 0 aliphatic rings. The molecular formula is C14H16BrNOS2. The van der Waals surface area contributed by atoms with Crippen molar-refractivity contribution in [1.82, 2.24) is 5.32 Å². The van der Waals surface area contributed by atoms with E-state index >= 15 is 0 Å². The van der Waals surface area contributed by atoms with Crippen molar-refractivity contribution >= 4 is 39.0 Å². The van der Waals surface area contributed by atoms with Crippen LogP contribution in [0, 0.1) is 0 Å². The summed E-state index contributed by atoms with van der Waals surface area (Å²) in [5.41, 5.74) is 0. The standard InChI is InChI=1S/C14H16BrNOS2/c1-18-13-4-2-12(3-5-13)17-7-6-16-9-14-8-11(15)10-19-14/h2-5,8,10,16H,6-7,9H2,1H3. The highest BCUT2D eigenvalue weighted by molar-refractivity contribution is 9.10. The number of thiophene rings is 1. The van der Waals surface area contributed by atoms with Gasteiger partial charge in [-0.3, -0.25) is 0 Å². The van der Waals surface area contributed by atoms with Gasteiger partial charge < -0.3 is 10.1 Å². The normalized spacial score (nSPS) is 10.6. The third-order valence-corrected chi connectivity index (χ3v) is 4.97. The number of benzene rings is 1. The summed E-state index contributed by atoms with van der Waals surface area (Å²) in [6, 6.07) is 10.3. The van der Waals surface area contributed by atoms with E-state index in [4.69, 9.17) is 4.74 Å². The summed E-state index contributed by atoms with van der Waals surface area (Å²) in [5.74, 6) is 0.929. The van der Waals surface area contributed by atoms with Gasteiger partial charge >= 0.3 is 0 Å². The van der Waals surface area contributed by atoms with E-state index in [-0.39, 0.29) is 0 Å². The topological polar surface area (TPSA) is 21.3 Å². The van der Waals surface area contributed by atoms with E-state index in [9.17, 15) is 0 Å². The molecule has 102 valence electrons. The fourth-order valence-corrected chi connectivity index (χ4v) is 3.40. The average molecular weight is 358 g/mol. The molecule has 0 radical (unpaired) electrons. The number of thioether (sulfide) groups is 1. The predicted molar refractivity (Wildman–Crippen MR) is 87.4 cm³/mol. The number of halogens is 1. The van der Waals surface area contributed by atoms with Crippen LogP contribution in [-0.4, -0.2) is 19.4 Å². The second kappa shape index (κ2) is 7.94. The van der Waals surface area contributed by atoms with Gasteiger partial charge in [0.1, 0.15) is 12.4 Å². The molecule has 2 aromatic rings. The van der Waals surface area contributed by atoms with E-state index in [0.29, 0.717) is 6.61 Å². The Morgan fingerprint density at radius 1 is 1.32 bits per heavy atom. The monoisotopic (exact) mass is 357 g/mol. The molecule has 0 fully saturated rings. The Kier molecular flexibility index (Phi) is 6.23. The summed E-state index contributed by atoms with van der Waals surface area (Å²) < 4.78 is 6.82. The Labute approximate surface area is 130 Å². The molecule has 2 nitrogen and oxygen atoms in total. The van der Waals surface area contributed by atoms with Crippen LogP contribution >= 0.6 is 39.0 Å². The van der Waals surface area contributed by atoms with Crippen LogP contribution in [0.5, 0.6) is 5.75 Å². The minimum atomic E-state index is 0.686. The summed E-state index contributed by atoms with van der Waals surface area (Å²) in [6.07, 6.45) is 2.07. The minimum Gasteiger partial charge on any atom is -0.492 e. The van der Waals surface area contributed by atoms with Crippen LogP contribution in [0.4, 0.5) is 0 Å². The smallest absolute Gasteiger partial charge is 0.119 e. The van der Waals surface area contributed by atoms with Crippen molar-refractivity contribution in [3.63, 3.8) is 0 Å². The van der Waals surface area contributed by atoms with Crippen molar-refractivity contribution in [1.29, 1.82) is 0 Å². The number of hydrogen-bond donors (Lipinski definition) is 1. The molecule has 0 aliphatic heterocycles. The summed E-state index contributed by atoms with van der Waals surface area (Å²) in [5, 5.41) is 5.47. The second-order valence-electron chi connectivity index (χ2n) is 3.93. The molecule has 0 atom stereocenters. The molecule has 0 unspecified atom stereocenters. The van der Waals surface area contributed by atoms with E-state index in [1.165, 1.54) is 9.77 Å². The highest BCUT2D eigenvalue weighted by Gasteiger charge is 1.97. The molecule has 0 bridgehead atoms. The van der Waals surface area contributed by atoms with Crippen LogP contribution in [0.3, 0.4) is 0 Å². The molecule has 1 N–H and O–H groups in total. The van der Waals surface area contributed by atoms with Gasteiger partial charge in [-0.05, 0) is 52.5 Å². The maximum absolute atomic E-state index is 5.67. The highest BCUT2D eigenvalue weighted by Crippen LogP contribution is 2.20. The number of ether oxygens (including phenoxy) is 1. The maximum Gasteiger partial charge on any atom is 0.119 e. The van der Waals surface area contributed by atoms with Crippen LogP contribution in [0.2, 0.25) is 0 Å². The van der Waals surface area contributed by atoms with Gasteiger partial charge in [0.2, 0.25) is 0 Å². The third-order valence-electron chi connectivity index (χ3n) is 2.53. The van der Waals surface area contributed by atoms with Crippen molar-refractivity contribution in [3.05, 3.63) is 45.1 Å². The molecule has 0 aliphatic carbocycles. The third kappa shape index (κ3) is 5.18. The first-order chi connectivity index (χ1) is 9.28. The number of hydrogen-bond acceptors (Lipinski definition) is 4. The van der Waals surface area contributed by atoms with Gasteiger partial charge in [-0.1, -0.05) is 0 Å². The summed E-state index contributed by atoms with van der Waals surface area (Å²) in [4.78, 5) is 2.59. The highest BCUT2D eigenvalue weighted by atomic mass is 79.9. The van der Waals surface area contributed by atoms with Crippen LogP contribution in [0.15, 0.2) is 45.1 Å². The Hall–Kier alpha value is -0.490. The van der Waals surface area contributed by atoms with Crippen molar-refractivity contribution in [3.8, 4) is 5.75 Å². The molecule has 0 saturated carbocycles. The van der Waals surface area contributed by atoms with Crippen LogP contribution in [-0.2, 0) is 6.54 Å². The van der Waals surface area contributed by atoms with Crippen molar-refractivity contribution < 1.29 is 4.74 Å².